The van der Waals surface area contributed by atoms with Crippen molar-refractivity contribution < 1.29 is 5.11 Å². The second-order valence-corrected chi connectivity index (χ2v) is 6.84. The van der Waals surface area contributed by atoms with Gasteiger partial charge in [0.1, 0.15) is 4.83 Å². The van der Waals surface area contributed by atoms with Crippen LogP contribution in [0, 0.1) is 0 Å². The first kappa shape index (κ1) is 16.0. The number of thiophene rings is 1. The predicted molar refractivity (Wildman–Crippen MR) is 100 cm³/mol. The van der Waals surface area contributed by atoms with Crippen LogP contribution >= 0.6 is 11.3 Å². The first-order chi connectivity index (χ1) is 13.3. The fourth-order valence-electron chi connectivity index (χ4n) is 2.92. The third kappa shape index (κ3) is 2.84. The maximum absolute atomic E-state index is 9.03. The van der Waals surface area contributed by atoms with E-state index in [1.54, 1.807) is 39.3 Å². The zero-order valence-corrected chi connectivity index (χ0v) is 14.9. The van der Waals surface area contributed by atoms with Crippen LogP contribution in [0.2, 0.25) is 0 Å². The molecule has 0 saturated carbocycles. The van der Waals surface area contributed by atoms with E-state index in [2.05, 4.69) is 41.8 Å². The molecule has 27 heavy (non-hydrogen) atoms. The van der Waals surface area contributed by atoms with Crippen molar-refractivity contribution in [2.24, 2.45) is 0 Å². The molecule has 0 aliphatic rings. The summed E-state index contributed by atoms with van der Waals surface area (Å²) in [6, 6.07) is 3.99. The molecule has 0 fully saturated rings. The molecule has 0 radical (unpaired) electrons. The summed E-state index contributed by atoms with van der Waals surface area (Å²) < 4.78 is 3.42. The van der Waals surface area contributed by atoms with Crippen molar-refractivity contribution >= 4 is 32.8 Å². The van der Waals surface area contributed by atoms with Crippen molar-refractivity contribution in [1.82, 2.24) is 39.7 Å². The van der Waals surface area contributed by atoms with Crippen molar-refractivity contribution in [1.29, 1.82) is 0 Å². The number of aliphatic hydroxyl groups is 1. The van der Waals surface area contributed by atoms with Gasteiger partial charge in [0, 0.05) is 23.3 Å². The lowest BCUT2D eigenvalue weighted by atomic mass is 10.2. The van der Waals surface area contributed by atoms with Gasteiger partial charge in [0.2, 0.25) is 5.65 Å². The second kappa shape index (κ2) is 6.49. The van der Waals surface area contributed by atoms with Crippen LogP contribution < -0.4 is 0 Å². The number of pyridine rings is 1. The number of fused-ring (bicyclic) bond motifs is 2. The molecule has 5 rings (SSSR count). The van der Waals surface area contributed by atoms with Crippen LogP contribution in [0.4, 0.5) is 0 Å². The van der Waals surface area contributed by atoms with E-state index >= 15 is 0 Å². The zero-order valence-electron chi connectivity index (χ0n) is 14.1. The van der Waals surface area contributed by atoms with E-state index < -0.39 is 0 Å². The van der Waals surface area contributed by atoms with Crippen LogP contribution in [0.3, 0.4) is 0 Å². The van der Waals surface area contributed by atoms with Crippen molar-refractivity contribution in [2.75, 3.05) is 6.61 Å². The number of hydrogen-bond donors (Lipinski definition) is 1. The first-order valence-electron chi connectivity index (χ1n) is 8.33. The van der Waals surface area contributed by atoms with E-state index in [-0.39, 0.29) is 6.61 Å². The van der Waals surface area contributed by atoms with Gasteiger partial charge in [0.05, 0.1) is 37.8 Å². The summed E-state index contributed by atoms with van der Waals surface area (Å²) in [5.41, 5.74) is 3.76. The predicted octanol–water partition coefficient (Wildman–Crippen LogP) is 1.74. The first-order valence-corrected chi connectivity index (χ1v) is 9.21. The quantitative estimate of drug-likeness (QED) is 0.496. The Morgan fingerprint density at radius 3 is 3.07 bits per heavy atom. The summed E-state index contributed by atoms with van der Waals surface area (Å²) in [4.78, 5) is 14.4. The SMILES string of the molecule is OCCn1cc(-c2cnc3nnn(Cc4csc5ncccc45)c3n2)cn1. The smallest absolute Gasteiger partial charge is 0.221 e. The summed E-state index contributed by atoms with van der Waals surface area (Å²) in [6.45, 7) is 1.02. The number of aliphatic hydroxyl groups excluding tert-OH is 1. The van der Waals surface area contributed by atoms with Crippen LogP contribution in [0.15, 0.2) is 42.3 Å². The van der Waals surface area contributed by atoms with Gasteiger partial charge in [-0.05, 0) is 17.0 Å². The molecule has 9 nitrogen and oxygen atoms in total. The van der Waals surface area contributed by atoms with E-state index in [1.165, 1.54) is 0 Å². The Kier molecular flexibility index (Phi) is 3.84. The minimum atomic E-state index is 0.0337. The van der Waals surface area contributed by atoms with Crippen LogP contribution in [0.25, 0.3) is 32.8 Å². The van der Waals surface area contributed by atoms with Crippen molar-refractivity contribution in [3.63, 3.8) is 0 Å². The summed E-state index contributed by atoms with van der Waals surface area (Å²) >= 11 is 1.61. The van der Waals surface area contributed by atoms with Gasteiger partial charge < -0.3 is 5.11 Å². The summed E-state index contributed by atoms with van der Waals surface area (Å²) in [5.74, 6) is 0. The molecule has 0 saturated heterocycles. The molecule has 0 bridgehead atoms. The van der Waals surface area contributed by atoms with Crippen molar-refractivity contribution in [3.05, 3.63) is 47.9 Å². The van der Waals surface area contributed by atoms with Crippen LogP contribution in [-0.2, 0) is 13.1 Å². The number of rotatable bonds is 5. The lowest BCUT2D eigenvalue weighted by molar-refractivity contribution is 0.269. The molecule has 0 aliphatic carbocycles. The van der Waals surface area contributed by atoms with E-state index in [9.17, 15) is 0 Å². The molecule has 0 amide bonds. The van der Waals surface area contributed by atoms with Gasteiger partial charge in [-0.2, -0.15) is 5.10 Å². The summed E-state index contributed by atoms with van der Waals surface area (Å²) in [6.07, 6.45) is 6.99. The summed E-state index contributed by atoms with van der Waals surface area (Å²) in [5, 5.41) is 24.8. The minimum Gasteiger partial charge on any atom is -0.394 e. The molecular weight excluding hydrogens is 364 g/mol. The molecule has 1 N–H and O–H groups in total. The Morgan fingerprint density at radius 1 is 1.19 bits per heavy atom. The highest BCUT2D eigenvalue weighted by Crippen LogP contribution is 2.25. The van der Waals surface area contributed by atoms with Crippen LogP contribution in [0.5, 0.6) is 0 Å². The minimum absolute atomic E-state index is 0.0337. The van der Waals surface area contributed by atoms with Crippen molar-refractivity contribution in [3.8, 4) is 11.3 Å². The fraction of sp³-hybridized carbons (Fsp3) is 0.176. The Bertz CT molecular complexity index is 1240. The molecular formula is C17H14N8OS. The highest BCUT2D eigenvalue weighted by Gasteiger charge is 2.13. The lowest BCUT2D eigenvalue weighted by Gasteiger charge is -2.02. The fourth-order valence-corrected chi connectivity index (χ4v) is 3.83. The lowest BCUT2D eigenvalue weighted by Crippen LogP contribution is -2.03. The Hall–Kier alpha value is -3.24. The summed E-state index contributed by atoms with van der Waals surface area (Å²) in [7, 11) is 0. The molecule has 0 aromatic carbocycles. The van der Waals surface area contributed by atoms with Crippen LogP contribution in [0.1, 0.15) is 5.56 Å². The maximum Gasteiger partial charge on any atom is 0.221 e. The Balaban J connectivity index is 1.53. The normalized spacial score (nSPS) is 11.6. The van der Waals surface area contributed by atoms with E-state index in [0.29, 0.717) is 30.1 Å². The molecule has 0 unspecified atom stereocenters. The average molecular weight is 378 g/mol. The third-order valence-electron chi connectivity index (χ3n) is 4.24. The van der Waals surface area contributed by atoms with E-state index in [4.69, 9.17) is 5.11 Å². The molecule has 5 heterocycles. The average Bonchev–Trinajstić information content (AvgIpc) is 3.42. The maximum atomic E-state index is 9.03. The highest BCUT2D eigenvalue weighted by molar-refractivity contribution is 7.16. The van der Waals surface area contributed by atoms with E-state index in [0.717, 1.165) is 21.3 Å². The van der Waals surface area contributed by atoms with Crippen molar-refractivity contribution in [2.45, 2.75) is 13.1 Å². The van der Waals surface area contributed by atoms with Gasteiger partial charge in [-0.25, -0.2) is 19.6 Å². The highest BCUT2D eigenvalue weighted by atomic mass is 32.1. The number of hydrogen-bond acceptors (Lipinski definition) is 8. The molecule has 134 valence electrons. The van der Waals surface area contributed by atoms with Crippen LogP contribution in [-0.4, -0.2) is 51.4 Å². The largest absolute Gasteiger partial charge is 0.394 e. The van der Waals surface area contributed by atoms with Gasteiger partial charge in [0.25, 0.3) is 0 Å². The number of aromatic nitrogens is 8. The molecule has 0 aliphatic heterocycles. The molecule has 10 heteroatoms. The molecule has 5 aromatic rings. The number of nitrogens with zero attached hydrogens (tertiary/aromatic N) is 8. The molecule has 0 atom stereocenters. The second-order valence-electron chi connectivity index (χ2n) is 5.98. The van der Waals surface area contributed by atoms with Gasteiger partial charge in [-0.15, -0.1) is 16.4 Å². The molecule has 0 spiro atoms. The van der Waals surface area contributed by atoms with E-state index in [1.807, 2.05) is 12.3 Å². The molecule has 5 aromatic heterocycles. The Labute approximate surface area is 156 Å². The standard InChI is InChI=1S/C17H14N8OS/c26-5-4-24-8-11(6-20-24)14-7-19-15-16(21-14)25(23-22-15)9-12-10-27-17-13(12)2-1-3-18-17/h1-3,6-8,10,26H,4-5,9H2. The Morgan fingerprint density at radius 2 is 2.15 bits per heavy atom. The topological polar surface area (TPSA) is 107 Å². The van der Waals surface area contributed by atoms with Gasteiger partial charge in [-0.3, -0.25) is 4.68 Å². The van der Waals surface area contributed by atoms with Gasteiger partial charge in [0.15, 0.2) is 5.65 Å². The zero-order chi connectivity index (χ0) is 18.2. The van der Waals surface area contributed by atoms with Gasteiger partial charge >= 0.3 is 0 Å². The monoisotopic (exact) mass is 378 g/mol. The van der Waals surface area contributed by atoms with Gasteiger partial charge in [-0.1, -0.05) is 11.3 Å². The third-order valence-corrected chi connectivity index (χ3v) is 5.19.